The minimum atomic E-state index is -2.96. The molecule has 1 aromatic carbocycles. The van der Waals surface area contributed by atoms with Gasteiger partial charge in [0.15, 0.2) is 11.5 Å². The molecule has 0 radical (unpaired) electrons. The Morgan fingerprint density at radius 2 is 2.10 bits per heavy atom. The van der Waals surface area contributed by atoms with Gasteiger partial charge in [-0.15, -0.1) is 0 Å². The number of alkyl halides is 2. The number of nitrogens with zero attached hydrogens (tertiary/aromatic N) is 1. The van der Waals surface area contributed by atoms with Gasteiger partial charge in [-0.3, -0.25) is 10.1 Å². The molecule has 20 heavy (non-hydrogen) atoms. The first-order chi connectivity index (χ1) is 9.47. The van der Waals surface area contributed by atoms with E-state index in [9.17, 15) is 18.9 Å². The molecule has 7 heteroatoms. The van der Waals surface area contributed by atoms with Crippen molar-refractivity contribution in [2.24, 2.45) is 0 Å². The van der Waals surface area contributed by atoms with Crippen LogP contribution in [0.5, 0.6) is 11.5 Å². The summed E-state index contributed by atoms with van der Waals surface area (Å²) in [6.07, 6.45) is 1.63. The lowest BCUT2D eigenvalue weighted by molar-refractivity contribution is -0.425. The van der Waals surface area contributed by atoms with Crippen molar-refractivity contribution in [2.45, 2.75) is 26.9 Å². The molecule has 0 aliphatic carbocycles. The van der Waals surface area contributed by atoms with Crippen LogP contribution in [-0.2, 0) is 0 Å². The van der Waals surface area contributed by atoms with E-state index in [0.717, 1.165) is 0 Å². The van der Waals surface area contributed by atoms with Crippen LogP contribution in [0.25, 0.3) is 6.08 Å². The van der Waals surface area contributed by atoms with Gasteiger partial charge in [0, 0.05) is 12.5 Å². The van der Waals surface area contributed by atoms with Crippen LogP contribution in [0.15, 0.2) is 23.9 Å². The van der Waals surface area contributed by atoms with Gasteiger partial charge in [0.2, 0.25) is 5.70 Å². The van der Waals surface area contributed by atoms with Crippen molar-refractivity contribution in [1.29, 1.82) is 0 Å². The predicted octanol–water partition coefficient (Wildman–Crippen LogP) is 3.71. The average molecular weight is 287 g/mol. The van der Waals surface area contributed by atoms with Gasteiger partial charge in [0.1, 0.15) is 0 Å². The molecule has 0 N–H and O–H groups in total. The fourth-order valence-corrected chi connectivity index (χ4v) is 1.55. The molecule has 0 aromatic heterocycles. The third kappa shape index (κ3) is 4.49. The van der Waals surface area contributed by atoms with Crippen molar-refractivity contribution in [3.8, 4) is 11.5 Å². The van der Waals surface area contributed by atoms with Crippen molar-refractivity contribution in [2.75, 3.05) is 6.61 Å². The Morgan fingerprint density at radius 3 is 2.60 bits per heavy atom. The SMILES string of the molecule is CCOc1cc(C=C(CC)[N+](=O)[O-])ccc1OC(F)F. The van der Waals surface area contributed by atoms with E-state index in [1.54, 1.807) is 13.8 Å². The second-order valence-electron chi connectivity index (χ2n) is 3.76. The van der Waals surface area contributed by atoms with Gasteiger partial charge in [-0.1, -0.05) is 13.0 Å². The molecule has 0 amide bonds. The zero-order valence-corrected chi connectivity index (χ0v) is 11.1. The zero-order valence-electron chi connectivity index (χ0n) is 11.1. The smallest absolute Gasteiger partial charge is 0.387 e. The highest BCUT2D eigenvalue weighted by Crippen LogP contribution is 2.30. The molecule has 0 atom stereocenters. The highest BCUT2D eigenvalue weighted by Gasteiger charge is 2.13. The summed E-state index contributed by atoms with van der Waals surface area (Å²) in [5.41, 5.74) is 0.513. The van der Waals surface area contributed by atoms with Gasteiger partial charge in [-0.2, -0.15) is 8.78 Å². The van der Waals surface area contributed by atoms with Crippen molar-refractivity contribution < 1.29 is 23.2 Å². The number of benzene rings is 1. The molecule has 0 aliphatic heterocycles. The molecule has 1 aromatic rings. The van der Waals surface area contributed by atoms with Crippen LogP contribution in [0, 0.1) is 10.1 Å². The van der Waals surface area contributed by atoms with E-state index in [-0.39, 0.29) is 30.2 Å². The van der Waals surface area contributed by atoms with Crippen LogP contribution >= 0.6 is 0 Å². The highest BCUT2D eigenvalue weighted by molar-refractivity contribution is 5.57. The minimum absolute atomic E-state index is 0.0231. The third-order valence-corrected chi connectivity index (χ3v) is 2.41. The molecule has 0 saturated carbocycles. The Bertz CT molecular complexity index is 503. The summed E-state index contributed by atoms with van der Waals surface area (Å²) >= 11 is 0. The highest BCUT2D eigenvalue weighted by atomic mass is 19.3. The maximum absolute atomic E-state index is 12.2. The molecule has 1 rings (SSSR count). The Labute approximate surface area is 115 Å². The fourth-order valence-electron chi connectivity index (χ4n) is 1.55. The first-order valence-electron chi connectivity index (χ1n) is 6.04. The summed E-state index contributed by atoms with van der Waals surface area (Å²) in [6, 6.07) is 4.19. The van der Waals surface area contributed by atoms with Crippen LogP contribution in [0.2, 0.25) is 0 Å². The lowest BCUT2D eigenvalue weighted by Crippen LogP contribution is -2.04. The van der Waals surface area contributed by atoms with E-state index in [4.69, 9.17) is 4.74 Å². The van der Waals surface area contributed by atoms with Gasteiger partial charge in [-0.25, -0.2) is 0 Å². The van der Waals surface area contributed by atoms with Gasteiger partial charge in [0.25, 0.3) is 0 Å². The van der Waals surface area contributed by atoms with Crippen LogP contribution in [0.4, 0.5) is 8.78 Å². The molecule has 0 bridgehead atoms. The third-order valence-electron chi connectivity index (χ3n) is 2.41. The molecule has 0 aliphatic rings. The van der Waals surface area contributed by atoms with Gasteiger partial charge < -0.3 is 9.47 Å². The largest absolute Gasteiger partial charge is 0.490 e. The van der Waals surface area contributed by atoms with Crippen molar-refractivity contribution >= 4 is 6.08 Å². The maximum atomic E-state index is 12.2. The summed E-state index contributed by atoms with van der Waals surface area (Å²) < 4.78 is 34.0. The molecule has 110 valence electrons. The number of nitro groups is 1. The van der Waals surface area contributed by atoms with Crippen LogP contribution in [0.1, 0.15) is 25.8 Å². The van der Waals surface area contributed by atoms with E-state index in [0.29, 0.717) is 5.56 Å². The lowest BCUT2D eigenvalue weighted by atomic mass is 10.1. The first kappa shape index (κ1) is 15.9. The molecule has 0 heterocycles. The Hall–Kier alpha value is -2.18. The monoisotopic (exact) mass is 287 g/mol. The van der Waals surface area contributed by atoms with Gasteiger partial charge in [-0.05, 0) is 24.6 Å². The van der Waals surface area contributed by atoms with Gasteiger partial charge >= 0.3 is 6.61 Å². The summed E-state index contributed by atoms with van der Waals surface area (Å²) in [5, 5.41) is 10.7. The quantitative estimate of drug-likeness (QED) is 0.566. The molecule has 0 fully saturated rings. The predicted molar refractivity (Wildman–Crippen MR) is 69.5 cm³/mol. The summed E-state index contributed by atoms with van der Waals surface area (Å²) in [6.45, 7) is 0.665. The lowest BCUT2D eigenvalue weighted by Gasteiger charge is -2.11. The van der Waals surface area contributed by atoms with Crippen molar-refractivity contribution in [3.05, 3.63) is 39.6 Å². The average Bonchev–Trinajstić information content (AvgIpc) is 2.38. The Morgan fingerprint density at radius 1 is 1.40 bits per heavy atom. The number of halogens is 2. The summed E-state index contributed by atoms with van der Waals surface area (Å²) in [4.78, 5) is 10.3. The van der Waals surface area contributed by atoms with Crippen LogP contribution < -0.4 is 9.47 Å². The minimum Gasteiger partial charge on any atom is -0.490 e. The second kappa shape index (κ2) is 7.42. The maximum Gasteiger partial charge on any atom is 0.387 e. The number of hydrogen-bond donors (Lipinski definition) is 0. The van der Waals surface area contributed by atoms with Crippen LogP contribution in [0.3, 0.4) is 0 Å². The zero-order chi connectivity index (χ0) is 15.1. The number of rotatable bonds is 7. The number of allylic oxidation sites excluding steroid dienone is 1. The fraction of sp³-hybridized carbons (Fsp3) is 0.385. The van der Waals surface area contributed by atoms with E-state index < -0.39 is 11.5 Å². The second-order valence-corrected chi connectivity index (χ2v) is 3.76. The molecular formula is C13H15F2NO4. The van der Waals surface area contributed by atoms with Crippen LogP contribution in [-0.4, -0.2) is 18.1 Å². The summed E-state index contributed by atoms with van der Waals surface area (Å²) in [5.74, 6) is 0.0264. The molecular weight excluding hydrogens is 272 g/mol. The van der Waals surface area contributed by atoms with E-state index in [1.807, 2.05) is 0 Å². The molecule has 0 spiro atoms. The van der Waals surface area contributed by atoms with E-state index >= 15 is 0 Å². The number of hydrogen-bond acceptors (Lipinski definition) is 4. The first-order valence-corrected chi connectivity index (χ1v) is 6.04. The number of ether oxygens (including phenoxy) is 2. The Kier molecular flexibility index (Phi) is 5.89. The normalized spacial score (nSPS) is 11.6. The molecule has 5 nitrogen and oxygen atoms in total. The Balaban J connectivity index is 3.12. The van der Waals surface area contributed by atoms with Crippen molar-refractivity contribution in [1.82, 2.24) is 0 Å². The van der Waals surface area contributed by atoms with Crippen molar-refractivity contribution in [3.63, 3.8) is 0 Å². The topological polar surface area (TPSA) is 61.6 Å². The van der Waals surface area contributed by atoms with E-state index in [2.05, 4.69) is 4.74 Å². The van der Waals surface area contributed by atoms with E-state index in [1.165, 1.54) is 24.3 Å². The van der Waals surface area contributed by atoms with Gasteiger partial charge in [0.05, 0.1) is 11.5 Å². The summed E-state index contributed by atoms with van der Waals surface area (Å²) in [7, 11) is 0. The standard InChI is InChI=1S/C13H15F2NO4/c1-3-10(16(17)18)7-9-5-6-11(20-13(14)15)12(8-9)19-4-2/h5-8,13H,3-4H2,1-2H3. The molecule has 0 unspecified atom stereocenters. The molecule has 0 saturated heterocycles.